The molecule has 7 heteroatoms. The van der Waals surface area contributed by atoms with Gasteiger partial charge < -0.3 is 20.1 Å². The molecule has 1 saturated heterocycles. The van der Waals surface area contributed by atoms with Crippen LogP contribution in [0.5, 0.6) is 5.75 Å². The molecule has 0 aliphatic carbocycles. The average molecular weight is 421 g/mol. The summed E-state index contributed by atoms with van der Waals surface area (Å²) in [6.45, 7) is 4.85. The summed E-state index contributed by atoms with van der Waals surface area (Å²) in [6.07, 6.45) is 0.305. The van der Waals surface area contributed by atoms with E-state index in [9.17, 15) is 14.3 Å². The Hall–Kier alpha value is -2.31. The molecular formula is C22H26ClFN2O3. The minimum absolute atomic E-state index is 0.295. The number of amides is 1. The van der Waals surface area contributed by atoms with Crippen LogP contribution >= 0.6 is 11.6 Å². The summed E-state index contributed by atoms with van der Waals surface area (Å²) in [5, 5.41) is 13.2. The van der Waals surface area contributed by atoms with Gasteiger partial charge in [0.2, 0.25) is 0 Å². The van der Waals surface area contributed by atoms with Crippen LogP contribution in [0.25, 0.3) is 0 Å². The Balaban J connectivity index is 1.70. The van der Waals surface area contributed by atoms with Crippen LogP contribution in [0.3, 0.4) is 0 Å². The number of hydrogen-bond donors (Lipinski definition) is 2. The summed E-state index contributed by atoms with van der Waals surface area (Å²) in [6, 6.07) is 11.0. The number of benzene rings is 2. The average Bonchev–Trinajstić information content (AvgIpc) is 2.68. The second-order valence-electron chi connectivity index (χ2n) is 7.37. The monoisotopic (exact) mass is 420 g/mol. The third-order valence-electron chi connectivity index (χ3n) is 5.10. The lowest BCUT2D eigenvalue weighted by Gasteiger charge is -2.34. The first-order valence-corrected chi connectivity index (χ1v) is 10.2. The number of carbonyl (C=O) groups excluding carboxylic acids is 1. The Morgan fingerprint density at radius 1 is 1.24 bits per heavy atom. The van der Waals surface area contributed by atoms with Crippen molar-refractivity contribution in [3.63, 3.8) is 0 Å². The van der Waals surface area contributed by atoms with E-state index in [0.29, 0.717) is 42.3 Å². The lowest BCUT2D eigenvalue weighted by Crippen LogP contribution is -2.39. The van der Waals surface area contributed by atoms with Crippen LogP contribution in [0.2, 0.25) is 5.02 Å². The zero-order valence-electron chi connectivity index (χ0n) is 16.6. The smallest absolute Gasteiger partial charge is 0.261 e. The van der Waals surface area contributed by atoms with E-state index >= 15 is 0 Å². The number of piperidine rings is 1. The first-order chi connectivity index (χ1) is 13.8. The van der Waals surface area contributed by atoms with Crippen LogP contribution in [0.4, 0.5) is 10.1 Å². The van der Waals surface area contributed by atoms with Crippen LogP contribution in [-0.2, 0) is 4.79 Å². The maximum atomic E-state index is 13.9. The molecule has 0 bridgehead atoms. The van der Waals surface area contributed by atoms with Crippen molar-refractivity contribution in [2.75, 3.05) is 18.0 Å². The molecular weight excluding hydrogens is 395 g/mol. The minimum Gasteiger partial charge on any atom is -0.481 e. The third kappa shape index (κ3) is 5.61. The Bertz CT molecular complexity index is 856. The summed E-state index contributed by atoms with van der Waals surface area (Å²) in [4.78, 5) is 14.7. The van der Waals surface area contributed by atoms with E-state index in [4.69, 9.17) is 16.3 Å². The van der Waals surface area contributed by atoms with Crippen LogP contribution in [0, 0.1) is 5.82 Å². The zero-order valence-corrected chi connectivity index (χ0v) is 17.3. The summed E-state index contributed by atoms with van der Waals surface area (Å²) in [5.74, 6) is -0.155. The number of ether oxygens (including phenoxy) is 1. The predicted octanol–water partition coefficient (Wildman–Crippen LogP) is 4.08. The minimum atomic E-state index is -0.738. The Kier molecular flexibility index (Phi) is 6.98. The predicted molar refractivity (Wildman–Crippen MR) is 112 cm³/mol. The van der Waals surface area contributed by atoms with Gasteiger partial charge >= 0.3 is 0 Å². The highest BCUT2D eigenvalue weighted by Crippen LogP contribution is 2.30. The van der Waals surface area contributed by atoms with E-state index in [-0.39, 0.29) is 17.8 Å². The summed E-state index contributed by atoms with van der Waals surface area (Å²) in [5.41, 5.74) is 1.57. The molecule has 0 unspecified atom stereocenters. The van der Waals surface area contributed by atoms with E-state index < -0.39 is 12.1 Å². The van der Waals surface area contributed by atoms with Crippen LogP contribution in [-0.4, -0.2) is 36.3 Å². The lowest BCUT2D eigenvalue weighted by atomic mass is 10.0. The summed E-state index contributed by atoms with van der Waals surface area (Å²) in [7, 11) is 0. The van der Waals surface area contributed by atoms with Crippen LogP contribution in [0.1, 0.15) is 38.3 Å². The molecule has 5 nitrogen and oxygen atoms in total. The highest BCUT2D eigenvalue weighted by molar-refractivity contribution is 6.30. The number of aliphatic hydroxyl groups is 1. The number of rotatable bonds is 6. The zero-order chi connectivity index (χ0) is 21.0. The second-order valence-corrected chi connectivity index (χ2v) is 7.81. The molecule has 0 saturated carbocycles. The quantitative estimate of drug-likeness (QED) is 0.739. The highest BCUT2D eigenvalue weighted by atomic mass is 35.5. The molecule has 1 aliphatic rings. The normalized spacial score (nSPS) is 16.9. The van der Waals surface area contributed by atoms with Crippen molar-refractivity contribution < 1.29 is 19.0 Å². The SMILES string of the molecule is C[C@H](NC(=O)[C@@H](C)Oc1cccc(Cl)c1)c1cc(F)ccc1N1CCC(O)CC1. The molecule has 2 aromatic rings. The van der Waals surface area contributed by atoms with Gasteiger partial charge in [-0.15, -0.1) is 0 Å². The van der Waals surface area contributed by atoms with Gasteiger partial charge in [0, 0.05) is 29.4 Å². The summed E-state index contributed by atoms with van der Waals surface area (Å²) < 4.78 is 19.6. The van der Waals surface area contributed by atoms with E-state index in [2.05, 4.69) is 10.2 Å². The molecule has 29 heavy (non-hydrogen) atoms. The molecule has 1 fully saturated rings. The van der Waals surface area contributed by atoms with Crippen LogP contribution in [0.15, 0.2) is 42.5 Å². The number of hydrogen-bond acceptors (Lipinski definition) is 4. The van der Waals surface area contributed by atoms with Gasteiger partial charge in [0.05, 0.1) is 12.1 Å². The van der Waals surface area contributed by atoms with Gasteiger partial charge in [-0.1, -0.05) is 17.7 Å². The van der Waals surface area contributed by atoms with Gasteiger partial charge in [-0.2, -0.15) is 0 Å². The Morgan fingerprint density at radius 2 is 1.97 bits per heavy atom. The molecule has 0 radical (unpaired) electrons. The maximum absolute atomic E-state index is 13.9. The van der Waals surface area contributed by atoms with Crippen molar-refractivity contribution in [3.05, 3.63) is 58.9 Å². The van der Waals surface area contributed by atoms with Crippen LogP contribution < -0.4 is 15.0 Å². The van der Waals surface area contributed by atoms with E-state index in [1.807, 2.05) is 6.92 Å². The van der Waals surface area contributed by atoms with Crippen molar-refractivity contribution >= 4 is 23.2 Å². The first kappa shape index (κ1) is 21.4. The standard InChI is InChI=1S/C22H26ClFN2O3/c1-14(25-22(28)15(2)29-19-5-3-4-16(23)12-19)20-13-17(24)6-7-21(20)26-10-8-18(27)9-11-26/h3-7,12-15,18,27H,8-11H2,1-2H3,(H,25,28)/t14-,15+/m0/s1. The van der Waals surface area contributed by atoms with E-state index in [1.54, 1.807) is 37.3 Å². The van der Waals surface area contributed by atoms with Gasteiger partial charge in [0.15, 0.2) is 6.10 Å². The lowest BCUT2D eigenvalue weighted by molar-refractivity contribution is -0.127. The van der Waals surface area contributed by atoms with Gasteiger partial charge in [0.1, 0.15) is 11.6 Å². The first-order valence-electron chi connectivity index (χ1n) is 9.78. The Labute approximate surface area is 175 Å². The number of nitrogens with zero attached hydrogens (tertiary/aromatic N) is 1. The highest BCUT2D eigenvalue weighted by Gasteiger charge is 2.24. The topological polar surface area (TPSA) is 61.8 Å². The molecule has 3 rings (SSSR count). The fourth-order valence-electron chi connectivity index (χ4n) is 3.47. The fourth-order valence-corrected chi connectivity index (χ4v) is 3.65. The molecule has 0 aromatic heterocycles. The Morgan fingerprint density at radius 3 is 2.66 bits per heavy atom. The third-order valence-corrected chi connectivity index (χ3v) is 5.33. The van der Waals surface area contributed by atoms with E-state index in [0.717, 1.165) is 5.69 Å². The second kappa shape index (κ2) is 9.46. The number of carbonyl (C=O) groups is 1. The van der Waals surface area contributed by atoms with Crippen molar-refractivity contribution in [3.8, 4) is 5.75 Å². The molecule has 156 valence electrons. The van der Waals surface area contributed by atoms with Crippen molar-refractivity contribution in [2.45, 2.75) is 44.9 Å². The molecule has 1 heterocycles. The van der Waals surface area contributed by atoms with Gasteiger partial charge in [-0.05, 0) is 63.1 Å². The number of nitrogens with one attached hydrogen (secondary N) is 1. The molecule has 1 aliphatic heterocycles. The van der Waals surface area contributed by atoms with Crippen molar-refractivity contribution in [1.82, 2.24) is 5.32 Å². The molecule has 2 N–H and O–H groups in total. The van der Waals surface area contributed by atoms with Crippen molar-refractivity contribution in [1.29, 1.82) is 0 Å². The molecule has 0 spiro atoms. The van der Waals surface area contributed by atoms with Gasteiger partial charge in [0.25, 0.3) is 5.91 Å². The molecule has 2 atom stereocenters. The molecule has 2 aromatic carbocycles. The van der Waals surface area contributed by atoms with Crippen molar-refractivity contribution in [2.24, 2.45) is 0 Å². The fraction of sp³-hybridized carbons (Fsp3) is 0.409. The number of halogens is 2. The molecule has 1 amide bonds. The van der Waals surface area contributed by atoms with E-state index in [1.165, 1.54) is 12.1 Å². The number of aliphatic hydroxyl groups excluding tert-OH is 1. The van der Waals surface area contributed by atoms with Gasteiger partial charge in [-0.25, -0.2) is 4.39 Å². The van der Waals surface area contributed by atoms with Gasteiger partial charge in [-0.3, -0.25) is 4.79 Å². The summed E-state index contributed by atoms with van der Waals surface area (Å²) >= 11 is 5.95. The number of anilines is 1. The largest absolute Gasteiger partial charge is 0.481 e. The maximum Gasteiger partial charge on any atom is 0.261 e.